The Morgan fingerprint density at radius 3 is 1.85 bits per heavy atom. The van der Waals surface area contributed by atoms with Crippen molar-refractivity contribution in [2.45, 2.75) is 19.3 Å². The fourth-order valence-corrected chi connectivity index (χ4v) is 2.29. The zero-order valence-electron chi connectivity index (χ0n) is 11.0. The molecule has 104 valence electrons. The highest BCUT2D eigenvalue weighted by molar-refractivity contribution is 6.31. The predicted octanol–water partition coefficient (Wildman–Crippen LogP) is 6.29. The summed E-state index contributed by atoms with van der Waals surface area (Å²) < 4.78 is 0. The molecule has 0 radical (unpaired) electrons. The Hall–Kier alpha value is -0.950. The first-order valence-electron chi connectivity index (χ1n) is 6.47. The quantitative estimate of drug-likeness (QED) is 0.606. The second-order valence-corrected chi connectivity index (χ2v) is 5.97. The van der Waals surface area contributed by atoms with Crippen molar-refractivity contribution in [2.75, 3.05) is 0 Å². The summed E-state index contributed by atoms with van der Waals surface area (Å²) in [7, 11) is 0. The molecule has 20 heavy (non-hydrogen) atoms. The number of allylic oxidation sites excluding steroid dienone is 2. The zero-order chi connectivity index (χ0) is 14.4. The fraction of sp³-hybridized carbons (Fsp3) is 0.176. The molecule has 0 atom stereocenters. The van der Waals surface area contributed by atoms with Crippen LogP contribution in [0.1, 0.15) is 17.5 Å². The van der Waals surface area contributed by atoms with Crippen molar-refractivity contribution in [1.82, 2.24) is 0 Å². The van der Waals surface area contributed by atoms with Crippen molar-refractivity contribution in [1.29, 1.82) is 0 Å². The van der Waals surface area contributed by atoms with E-state index < -0.39 is 0 Å². The van der Waals surface area contributed by atoms with E-state index >= 15 is 0 Å². The van der Waals surface area contributed by atoms with Gasteiger partial charge in [0.15, 0.2) is 0 Å². The Morgan fingerprint density at radius 1 is 0.800 bits per heavy atom. The molecule has 2 aromatic carbocycles. The number of aryl methyl sites for hydroxylation is 1. The van der Waals surface area contributed by atoms with Crippen molar-refractivity contribution in [2.24, 2.45) is 0 Å². The third-order valence-corrected chi connectivity index (χ3v) is 3.89. The second-order valence-electron chi connectivity index (χ2n) is 4.61. The highest BCUT2D eigenvalue weighted by Gasteiger charge is 1.98. The van der Waals surface area contributed by atoms with E-state index in [9.17, 15) is 0 Å². The smallest absolute Gasteiger partial charge is 0.0406 e. The summed E-state index contributed by atoms with van der Waals surface area (Å²) in [6.07, 6.45) is 4.65. The summed E-state index contributed by atoms with van der Waals surface area (Å²) in [6.45, 7) is 0. The van der Waals surface area contributed by atoms with Gasteiger partial charge in [-0.15, -0.1) is 0 Å². The third kappa shape index (κ3) is 5.20. The Labute approximate surface area is 135 Å². The number of benzene rings is 2. The minimum Gasteiger partial charge on any atom is -0.0895 e. The lowest BCUT2D eigenvalue weighted by molar-refractivity contribution is 0.978. The average molecular weight is 326 g/mol. The lowest BCUT2D eigenvalue weighted by atomic mass is 10.1. The molecule has 0 spiro atoms. The second kappa shape index (κ2) is 7.73. The SMILES string of the molecule is Cl/C(=C\Cc1ccc(Cl)cc1)CCc1ccc(Cl)cc1. The lowest BCUT2D eigenvalue weighted by Crippen LogP contribution is -1.87. The van der Waals surface area contributed by atoms with Gasteiger partial charge in [0, 0.05) is 15.1 Å². The molecule has 0 saturated heterocycles. The Balaban J connectivity index is 1.84. The van der Waals surface area contributed by atoms with Gasteiger partial charge in [0.2, 0.25) is 0 Å². The first-order chi connectivity index (χ1) is 9.63. The van der Waals surface area contributed by atoms with Crippen LogP contribution in [0.25, 0.3) is 0 Å². The van der Waals surface area contributed by atoms with Gasteiger partial charge >= 0.3 is 0 Å². The maximum absolute atomic E-state index is 6.25. The summed E-state index contributed by atoms with van der Waals surface area (Å²) >= 11 is 18.0. The Bertz CT molecular complexity index is 568. The van der Waals surface area contributed by atoms with Crippen molar-refractivity contribution in [3.63, 3.8) is 0 Å². The van der Waals surface area contributed by atoms with Gasteiger partial charge in [-0.2, -0.15) is 0 Å². The molecule has 0 saturated carbocycles. The molecule has 0 N–H and O–H groups in total. The highest BCUT2D eigenvalue weighted by atomic mass is 35.5. The summed E-state index contributed by atoms with van der Waals surface area (Å²) in [5, 5.41) is 2.40. The minimum absolute atomic E-state index is 0.756. The topological polar surface area (TPSA) is 0 Å². The lowest BCUT2D eigenvalue weighted by Gasteiger charge is -2.02. The number of halogens is 3. The monoisotopic (exact) mass is 324 g/mol. The molecule has 0 nitrogen and oxygen atoms in total. The van der Waals surface area contributed by atoms with Crippen LogP contribution in [0.4, 0.5) is 0 Å². The summed E-state index contributed by atoms with van der Waals surface area (Å²) in [4.78, 5) is 0. The number of hydrogen-bond donors (Lipinski definition) is 0. The van der Waals surface area contributed by atoms with E-state index in [1.54, 1.807) is 0 Å². The van der Waals surface area contributed by atoms with Gasteiger partial charge in [-0.3, -0.25) is 0 Å². The van der Waals surface area contributed by atoms with Gasteiger partial charge in [-0.05, 0) is 54.7 Å². The molecule has 0 amide bonds. The fourth-order valence-electron chi connectivity index (χ4n) is 1.87. The van der Waals surface area contributed by atoms with Crippen LogP contribution in [-0.2, 0) is 12.8 Å². The van der Waals surface area contributed by atoms with Crippen LogP contribution >= 0.6 is 34.8 Å². The summed E-state index contributed by atoms with van der Waals surface area (Å²) in [5.74, 6) is 0. The summed E-state index contributed by atoms with van der Waals surface area (Å²) in [6, 6.07) is 15.7. The normalized spacial score (nSPS) is 11.7. The number of hydrogen-bond acceptors (Lipinski definition) is 0. The molecule has 0 aliphatic rings. The van der Waals surface area contributed by atoms with Crippen LogP contribution in [0.15, 0.2) is 59.6 Å². The molecule has 2 rings (SSSR count). The van der Waals surface area contributed by atoms with Crippen LogP contribution in [-0.4, -0.2) is 0 Å². The van der Waals surface area contributed by atoms with Crippen molar-refractivity contribution in [3.05, 3.63) is 80.8 Å². The summed E-state index contributed by atoms with van der Waals surface area (Å²) in [5.41, 5.74) is 2.45. The van der Waals surface area contributed by atoms with E-state index in [1.807, 2.05) is 48.5 Å². The first-order valence-corrected chi connectivity index (χ1v) is 7.60. The first kappa shape index (κ1) is 15.4. The maximum Gasteiger partial charge on any atom is 0.0406 e. The molecule has 0 fully saturated rings. The van der Waals surface area contributed by atoms with Crippen LogP contribution in [0.2, 0.25) is 10.0 Å². The molecule has 3 heteroatoms. The van der Waals surface area contributed by atoms with E-state index in [0.29, 0.717) is 0 Å². The molecule has 0 aliphatic carbocycles. The van der Waals surface area contributed by atoms with Crippen LogP contribution in [0.5, 0.6) is 0 Å². The van der Waals surface area contributed by atoms with Gasteiger partial charge in [0.25, 0.3) is 0 Å². The highest BCUT2D eigenvalue weighted by Crippen LogP contribution is 2.17. The Kier molecular flexibility index (Phi) is 5.97. The van der Waals surface area contributed by atoms with Crippen LogP contribution in [0, 0.1) is 0 Å². The van der Waals surface area contributed by atoms with Gasteiger partial charge in [-0.25, -0.2) is 0 Å². The molecular weight excluding hydrogens is 311 g/mol. The van der Waals surface area contributed by atoms with Gasteiger partial charge in [0.05, 0.1) is 0 Å². The van der Waals surface area contributed by atoms with E-state index in [4.69, 9.17) is 34.8 Å². The molecule has 0 aliphatic heterocycles. The van der Waals surface area contributed by atoms with Gasteiger partial charge in [-0.1, -0.05) is 65.1 Å². The van der Waals surface area contributed by atoms with E-state index in [2.05, 4.69) is 6.08 Å². The van der Waals surface area contributed by atoms with Crippen LogP contribution in [0.3, 0.4) is 0 Å². The zero-order valence-corrected chi connectivity index (χ0v) is 13.2. The molecule has 0 aromatic heterocycles. The van der Waals surface area contributed by atoms with Crippen molar-refractivity contribution in [3.8, 4) is 0 Å². The molecule has 0 unspecified atom stereocenters. The van der Waals surface area contributed by atoms with E-state index in [0.717, 1.165) is 34.3 Å². The van der Waals surface area contributed by atoms with Gasteiger partial charge in [0.1, 0.15) is 0 Å². The van der Waals surface area contributed by atoms with Crippen molar-refractivity contribution >= 4 is 34.8 Å². The molecular formula is C17H15Cl3. The molecule has 2 aromatic rings. The average Bonchev–Trinajstić information content (AvgIpc) is 2.46. The van der Waals surface area contributed by atoms with Gasteiger partial charge < -0.3 is 0 Å². The number of rotatable bonds is 5. The van der Waals surface area contributed by atoms with E-state index in [-0.39, 0.29) is 0 Å². The maximum atomic E-state index is 6.25. The minimum atomic E-state index is 0.756. The standard InChI is InChI=1S/C17H15Cl3/c18-15-7-1-13(2-8-15)5-11-17(20)12-6-14-3-9-16(19)10-4-14/h1-4,7-11H,5-6,12H2/b17-11-. The Morgan fingerprint density at radius 2 is 1.30 bits per heavy atom. The molecule has 0 heterocycles. The third-order valence-electron chi connectivity index (χ3n) is 3.04. The van der Waals surface area contributed by atoms with Crippen LogP contribution < -0.4 is 0 Å². The van der Waals surface area contributed by atoms with Crippen molar-refractivity contribution < 1.29 is 0 Å². The largest absolute Gasteiger partial charge is 0.0895 e. The van der Waals surface area contributed by atoms with E-state index in [1.165, 1.54) is 11.1 Å². The predicted molar refractivity (Wildman–Crippen MR) is 88.9 cm³/mol. The molecule has 0 bridgehead atoms.